The summed E-state index contributed by atoms with van der Waals surface area (Å²) in [6.07, 6.45) is 1.58. The quantitative estimate of drug-likeness (QED) is 0.788. The SMILES string of the molecule is CCN1C[C@H](C)N(C(=O)N2Cc3c(NC(=O)c4ccccn4)n[nH]c3C2(C)C)CC1C. The number of rotatable bonds is 3. The lowest BCUT2D eigenvalue weighted by Crippen LogP contribution is -2.61. The fourth-order valence-corrected chi connectivity index (χ4v) is 4.66. The van der Waals surface area contributed by atoms with Gasteiger partial charge in [0.15, 0.2) is 5.82 Å². The number of hydrogen-bond acceptors (Lipinski definition) is 5. The summed E-state index contributed by atoms with van der Waals surface area (Å²) in [5, 5.41) is 10.2. The van der Waals surface area contributed by atoms with E-state index in [9.17, 15) is 9.59 Å². The van der Waals surface area contributed by atoms with Crippen LogP contribution in [0.2, 0.25) is 0 Å². The van der Waals surface area contributed by atoms with E-state index >= 15 is 0 Å². The maximum Gasteiger partial charge on any atom is 0.321 e. The van der Waals surface area contributed by atoms with Crippen molar-refractivity contribution in [3.8, 4) is 0 Å². The van der Waals surface area contributed by atoms with Gasteiger partial charge in [-0.3, -0.25) is 19.8 Å². The van der Waals surface area contributed by atoms with Crippen molar-refractivity contribution in [2.24, 2.45) is 0 Å². The third kappa shape index (κ3) is 3.67. The number of nitrogens with one attached hydrogen (secondary N) is 2. The third-order valence-electron chi connectivity index (χ3n) is 6.60. The summed E-state index contributed by atoms with van der Waals surface area (Å²) < 4.78 is 0. The monoisotopic (exact) mass is 425 g/mol. The van der Waals surface area contributed by atoms with Crippen LogP contribution in [0.4, 0.5) is 10.6 Å². The molecule has 1 saturated heterocycles. The first-order valence-corrected chi connectivity index (χ1v) is 10.9. The zero-order valence-corrected chi connectivity index (χ0v) is 18.8. The Labute approximate surface area is 182 Å². The molecular weight excluding hydrogens is 394 g/mol. The lowest BCUT2D eigenvalue weighted by Gasteiger charge is -2.46. The van der Waals surface area contributed by atoms with E-state index in [1.54, 1.807) is 24.4 Å². The molecule has 0 spiro atoms. The van der Waals surface area contributed by atoms with E-state index in [0.717, 1.165) is 24.3 Å². The summed E-state index contributed by atoms with van der Waals surface area (Å²) in [4.78, 5) is 36.5. The van der Waals surface area contributed by atoms with Gasteiger partial charge in [-0.25, -0.2) is 4.79 Å². The Kier molecular flexibility index (Phi) is 5.47. The molecule has 0 bridgehead atoms. The predicted octanol–water partition coefficient (Wildman–Crippen LogP) is 2.64. The van der Waals surface area contributed by atoms with Crippen molar-refractivity contribution in [1.82, 2.24) is 29.9 Å². The minimum atomic E-state index is -0.557. The Hall–Kier alpha value is -2.94. The Bertz CT molecular complexity index is 971. The predicted molar refractivity (Wildman–Crippen MR) is 118 cm³/mol. The van der Waals surface area contributed by atoms with Gasteiger partial charge >= 0.3 is 6.03 Å². The van der Waals surface area contributed by atoms with Gasteiger partial charge < -0.3 is 15.1 Å². The van der Waals surface area contributed by atoms with Crippen molar-refractivity contribution in [2.75, 3.05) is 25.0 Å². The van der Waals surface area contributed by atoms with Gasteiger partial charge in [-0.2, -0.15) is 5.10 Å². The number of anilines is 1. The number of urea groups is 1. The molecule has 4 heterocycles. The third-order valence-corrected chi connectivity index (χ3v) is 6.60. The van der Waals surface area contributed by atoms with E-state index in [1.807, 2.05) is 23.6 Å². The van der Waals surface area contributed by atoms with Gasteiger partial charge in [0.2, 0.25) is 0 Å². The number of carbonyl (C=O) groups excluding carboxylic acids is 2. The minimum Gasteiger partial charge on any atom is -0.319 e. The van der Waals surface area contributed by atoms with Crippen molar-refractivity contribution in [2.45, 2.75) is 58.8 Å². The number of pyridine rings is 1. The molecule has 2 aromatic heterocycles. The smallest absolute Gasteiger partial charge is 0.319 e. The Morgan fingerprint density at radius 1 is 1.23 bits per heavy atom. The largest absolute Gasteiger partial charge is 0.321 e. The number of H-pyrrole nitrogens is 1. The van der Waals surface area contributed by atoms with E-state index in [2.05, 4.69) is 46.2 Å². The van der Waals surface area contributed by atoms with Crippen LogP contribution in [0.5, 0.6) is 0 Å². The number of aromatic nitrogens is 3. The zero-order valence-electron chi connectivity index (χ0n) is 18.8. The number of fused-ring (bicyclic) bond motifs is 1. The maximum atomic E-state index is 13.6. The second-order valence-corrected chi connectivity index (χ2v) is 8.96. The highest BCUT2D eigenvalue weighted by Gasteiger charge is 2.46. The number of likely N-dealkylation sites (N-methyl/N-ethyl adjacent to an activating group) is 1. The van der Waals surface area contributed by atoms with Gasteiger partial charge in [0.25, 0.3) is 5.91 Å². The number of amides is 3. The van der Waals surface area contributed by atoms with Crippen LogP contribution in [0.3, 0.4) is 0 Å². The number of carbonyl (C=O) groups is 2. The standard InChI is InChI=1S/C22H31N7O2/c1-6-27-11-15(3)28(12-14(27)2)21(31)29-13-16-18(22(29,4)5)25-26-19(16)24-20(30)17-9-7-8-10-23-17/h7-10,14-15H,6,11-13H2,1-5H3,(H2,24,25,26,30)/t14?,15-/m0/s1. The van der Waals surface area contributed by atoms with E-state index in [0.29, 0.717) is 30.6 Å². The van der Waals surface area contributed by atoms with Gasteiger partial charge in [-0.15, -0.1) is 0 Å². The topological polar surface area (TPSA) is 97.5 Å². The van der Waals surface area contributed by atoms with Crippen molar-refractivity contribution in [3.63, 3.8) is 0 Å². The van der Waals surface area contributed by atoms with Crippen molar-refractivity contribution in [3.05, 3.63) is 41.3 Å². The zero-order chi connectivity index (χ0) is 22.3. The molecule has 1 fully saturated rings. The van der Waals surface area contributed by atoms with Crippen LogP contribution in [0.15, 0.2) is 24.4 Å². The van der Waals surface area contributed by atoms with E-state index in [1.165, 1.54) is 0 Å². The van der Waals surface area contributed by atoms with Crippen LogP contribution in [0, 0.1) is 0 Å². The number of piperazine rings is 1. The average Bonchev–Trinajstić information content (AvgIpc) is 3.27. The summed E-state index contributed by atoms with van der Waals surface area (Å²) in [5.41, 5.74) is 1.46. The average molecular weight is 426 g/mol. The van der Waals surface area contributed by atoms with E-state index in [-0.39, 0.29) is 18.0 Å². The molecule has 9 nitrogen and oxygen atoms in total. The minimum absolute atomic E-state index is 0.0201. The van der Waals surface area contributed by atoms with Crippen molar-refractivity contribution >= 4 is 17.8 Å². The highest BCUT2D eigenvalue weighted by molar-refractivity contribution is 6.02. The molecule has 0 aromatic carbocycles. The van der Waals surface area contributed by atoms with Gasteiger partial charge in [0, 0.05) is 36.9 Å². The lowest BCUT2D eigenvalue weighted by molar-refractivity contribution is 0.0373. The Morgan fingerprint density at radius 3 is 2.68 bits per heavy atom. The first-order valence-electron chi connectivity index (χ1n) is 10.9. The summed E-state index contributed by atoms with van der Waals surface area (Å²) >= 11 is 0. The molecule has 3 amide bonds. The molecule has 0 radical (unpaired) electrons. The molecule has 0 saturated carbocycles. The number of nitrogens with zero attached hydrogens (tertiary/aromatic N) is 5. The maximum absolute atomic E-state index is 13.6. The molecule has 2 aromatic rings. The van der Waals surface area contributed by atoms with Crippen molar-refractivity contribution < 1.29 is 9.59 Å². The first-order chi connectivity index (χ1) is 14.7. The fourth-order valence-electron chi connectivity index (χ4n) is 4.66. The van der Waals surface area contributed by atoms with E-state index < -0.39 is 5.54 Å². The second-order valence-electron chi connectivity index (χ2n) is 8.96. The molecular formula is C22H31N7O2. The molecule has 166 valence electrons. The van der Waals surface area contributed by atoms with Crippen LogP contribution in [0.1, 0.15) is 56.4 Å². The normalized spacial score (nSPS) is 23.0. The summed E-state index contributed by atoms with van der Waals surface area (Å²) in [6.45, 7) is 13.4. The molecule has 1 unspecified atom stereocenters. The van der Waals surface area contributed by atoms with Gasteiger partial charge in [-0.05, 0) is 46.4 Å². The molecule has 2 N–H and O–H groups in total. The molecule has 2 aliphatic heterocycles. The molecule has 2 aliphatic rings. The van der Waals surface area contributed by atoms with Crippen LogP contribution >= 0.6 is 0 Å². The Morgan fingerprint density at radius 2 is 2.00 bits per heavy atom. The van der Waals surface area contributed by atoms with Crippen LogP contribution < -0.4 is 5.32 Å². The fraction of sp³-hybridized carbons (Fsp3) is 0.545. The number of hydrogen-bond donors (Lipinski definition) is 2. The van der Waals surface area contributed by atoms with Gasteiger partial charge in [-0.1, -0.05) is 13.0 Å². The van der Waals surface area contributed by atoms with Gasteiger partial charge in [0.1, 0.15) is 5.69 Å². The van der Waals surface area contributed by atoms with Gasteiger partial charge in [0.05, 0.1) is 17.8 Å². The van der Waals surface area contributed by atoms with E-state index in [4.69, 9.17) is 0 Å². The van der Waals surface area contributed by atoms with Crippen LogP contribution in [0.25, 0.3) is 0 Å². The first kappa shape index (κ1) is 21.3. The lowest BCUT2D eigenvalue weighted by atomic mass is 10.0. The number of aromatic amines is 1. The van der Waals surface area contributed by atoms with Crippen LogP contribution in [-0.2, 0) is 12.1 Å². The highest BCUT2D eigenvalue weighted by Crippen LogP contribution is 2.41. The summed E-state index contributed by atoms with van der Waals surface area (Å²) in [7, 11) is 0. The van der Waals surface area contributed by atoms with Crippen LogP contribution in [-0.4, -0.2) is 73.5 Å². The summed E-state index contributed by atoms with van der Waals surface area (Å²) in [6, 6.07) is 5.66. The highest BCUT2D eigenvalue weighted by atomic mass is 16.2. The summed E-state index contributed by atoms with van der Waals surface area (Å²) in [5.74, 6) is 0.127. The second kappa shape index (κ2) is 7.96. The molecule has 2 atom stereocenters. The molecule has 0 aliphatic carbocycles. The molecule has 4 rings (SSSR count). The Balaban J connectivity index is 1.53. The van der Waals surface area contributed by atoms with Crippen molar-refractivity contribution in [1.29, 1.82) is 0 Å². The molecule has 9 heteroatoms. The molecule has 31 heavy (non-hydrogen) atoms.